The Morgan fingerprint density at radius 3 is 2.63 bits per heavy atom. The molecule has 140 valence electrons. The zero-order chi connectivity index (χ0) is 19.4. The van der Waals surface area contributed by atoms with Crippen LogP contribution in [0.25, 0.3) is 5.69 Å². The molecule has 0 aliphatic carbocycles. The van der Waals surface area contributed by atoms with Crippen LogP contribution in [-0.2, 0) is 16.0 Å². The Hall–Kier alpha value is -3.21. The minimum absolute atomic E-state index is 0.0116. The van der Waals surface area contributed by atoms with E-state index in [-0.39, 0.29) is 12.2 Å². The van der Waals surface area contributed by atoms with Crippen LogP contribution in [0.1, 0.15) is 11.5 Å². The summed E-state index contributed by atoms with van der Waals surface area (Å²) in [7, 11) is 1.28. The molecule has 0 bridgehead atoms. The van der Waals surface area contributed by atoms with Crippen LogP contribution in [0.15, 0.2) is 45.1 Å². The van der Waals surface area contributed by atoms with Gasteiger partial charge >= 0.3 is 11.7 Å². The first-order valence-corrected chi connectivity index (χ1v) is 8.67. The number of hydrogen-bond donors (Lipinski definition) is 2. The summed E-state index contributed by atoms with van der Waals surface area (Å²) in [6, 6.07) is 6.87. The van der Waals surface area contributed by atoms with Crippen LogP contribution in [0, 0.1) is 5.82 Å². The van der Waals surface area contributed by atoms with Crippen LogP contribution < -0.4 is 11.2 Å². The second-order valence-electron chi connectivity index (χ2n) is 5.37. The van der Waals surface area contributed by atoms with Gasteiger partial charge in [0.1, 0.15) is 11.6 Å². The molecule has 0 radical (unpaired) electrons. The fourth-order valence-corrected chi connectivity index (χ4v) is 3.13. The third kappa shape index (κ3) is 4.50. The van der Waals surface area contributed by atoms with Gasteiger partial charge in [0.2, 0.25) is 0 Å². The number of ether oxygens (including phenoxy) is 1. The Balaban J connectivity index is 2.00. The zero-order valence-corrected chi connectivity index (χ0v) is 14.9. The summed E-state index contributed by atoms with van der Waals surface area (Å²) in [6.07, 6.45) is 0.0995. The summed E-state index contributed by atoms with van der Waals surface area (Å²) in [5, 5.41) is 8.53. The number of carbonyl (C=O) groups excluding carboxylic acids is 1. The van der Waals surface area contributed by atoms with E-state index in [0.717, 1.165) is 11.8 Å². The van der Waals surface area contributed by atoms with Gasteiger partial charge in [0.15, 0.2) is 5.16 Å². The zero-order valence-electron chi connectivity index (χ0n) is 14.1. The fourth-order valence-electron chi connectivity index (χ4n) is 2.33. The molecule has 11 heteroatoms. The van der Waals surface area contributed by atoms with Crippen molar-refractivity contribution in [1.29, 1.82) is 0 Å². The molecule has 0 saturated carbocycles. The first-order valence-electron chi connectivity index (χ1n) is 7.68. The first kappa shape index (κ1) is 18.6. The lowest BCUT2D eigenvalue weighted by atomic mass is 10.2. The molecule has 0 fully saturated rings. The lowest BCUT2D eigenvalue weighted by Crippen LogP contribution is -2.23. The van der Waals surface area contributed by atoms with Crippen LogP contribution in [0.5, 0.6) is 0 Å². The van der Waals surface area contributed by atoms with Crippen LogP contribution in [0.4, 0.5) is 4.39 Å². The average molecular weight is 391 g/mol. The number of aromatic nitrogens is 5. The minimum atomic E-state index is -0.634. The van der Waals surface area contributed by atoms with E-state index in [1.54, 1.807) is 4.57 Å². The third-order valence-electron chi connectivity index (χ3n) is 3.50. The topological polar surface area (TPSA) is 123 Å². The number of hydrogen-bond acceptors (Lipinski definition) is 7. The highest BCUT2D eigenvalue weighted by Gasteiger charge is 2.17. The number of nitrogens with zero attached hydrogens (tertiary/aromatic N) is 3. The van der Waals surface area contributed by atoms with E-state index in [1.165, 1.54) is 37.4 Å². The average Bonchev–Trinajstić information content (AvgIpc) is 3.02. The van der Waals surface area contributed by atoms with Gasteiger partial charge in [-0.1, -0.05) is 11.8 Å². The van der Waals surface area contributed by atoms with E-state index in [4.69, 9.17) is 0 Å². The van der Waals surface area contributed by atoms with Crippen molar-refractivity contribution in [2.45, 2.75) is 11.6 Å². The van der Waals surface area contributed by atoms with E-state index in [2.05, 4.69) is 24.9 Å². The van der Waals surface area contributed by atoms with Crippen LogP contribution in [0.2, 0.25) is 0 Å². The summed E-state index contributed by atoms with van der Waals surface area (Å²) < 4.78 is 19.5. The molecule has 2 N–H and O–H groups in total. The Kier molecular flexibility index (Phi) is 5.50. The lowest BCUT2D eigenvalue weighted by Gasteiger charge is -2.10. The first-order chi connectivity index (χ1) is 13.0. The van der Waals surface area contributed by atoms with Gasteiger partial charge in [-0.15, -0.1) is 10.2 Å². The highest BCUT2D eigenvalue weighted by atomic mass is 32.2. The number of carbonyl (C=O) groups is 1. The summed E-state index contributed by atoms with van der Waals surface area (Å²) >= 11 is 1.10. The van der Waals surface area contributed by atoms with Gasteiger partial charge in [0.05, 0.1) is 12.9 Å². The number of esters is 1. The SMILES string of the molecule is COC(=O)CSc1nnc(Cc2cc(=O)[nH]c(=O)[nH]2)n1-c1ccc(F)cc1. The highest BCUT2D eigenvalue weighted by molar-refractivity contribution is 7.99. The molecule has 0 unspecified atom stereocenters. The van der Waals surface area contributed by atoms with E-state index in [9.17, 15) is 18.8 Å². The van der Waals surface area contributed by atoms with E-state index < -0.39 is 23.0 Å². The number of thioether (sulfide) groups is 1. The fraction of sp³-hybridized carbons (Fsp3) is 0.188. The molecule has 0 spiro atoms. The van der Waals surface area contributed by atoms with Gasteiger partial charge in [-0.25, -0.2) is 9.18 Å². The molecule has 27 heavy (non-hydrogen) atoms. The van der Waals surface area contributed by atoms with Crippen LogP contribution in [0.3, 0.4) is 0 Å². The number of methoxy groups -OCH3 is 1. The van der Waals surface area contributed by atoms with E-state index in [1.807, 2.05) is 0 Å². The summed E-state index contributed by atoms with van der Waals surface area (Å²) in [5.41, 5.74) is -0.271. The standard InChI is InChI=1S/C16H14FN5O4S/c1-26-14(24)8-27-16-21-20-12(6-10-7-13(23)19-15(25)18-10)22(16)11-4-2-9(17)3-5-11/h2-5,7H,6,8H2,1H3,(H2,18,19,23,25). The number of H-pyrrole nitrogens is 2. The molecule has 2 heterocycles. The Morgan fingerprint density at radius 1 is 1.22 bits per heavy atom. The van der Waals surface area contributed by atoms with Crippen LogP contribution in [-0.4, -0.2) is 43.6 Å². The predicted octanol–water partition coefficient (Wildman–Crippen LogP) is 0.639. The van der Waals surface area contributed by atoms with Crippen molar-refractivity contribution in [1.82, 2.24) is 24.7 Å². The second kappa shape index (κ2) is 7.99. The van der Waals surface area contributed by atoms with Crippen molar-refractivity contribution in [2.75, 3.05) is 12.9 Å². The molecule has 3 rings (SSSR count). The van der Waals surface area contributed by atoms with Gasteiger partial charge in [-0.2, -0.15) is 0 Å². The van der Waals surface area contributed by atoms with Gasteiger partial charge < -0.3 is 9.72 Å². The Labute approximate surface area is 155 Å². The summed E-state index contributed by atoms with van der Waals surface area (Å²) in [4.78, 5) is 39.0. The summed E-state index contributed by atoms with van der Waals surface area (Å²) in [5.74, 6) is -0.432. The molecular weight excluding hydrogens is 377 g/mol. The number of nitrogens with one attached hydrogen (secondary N) is 2. The van der Waals surface area contributed by atoms with Gasteiger partial charge in [0.25, 0.3) is 5.56 Å². The molecular formula is C16H14FN5O4S. The van der Waals surface area contributed by atoms with Crippen LogP contribution >= 0.6 is 11.8 Å². The smallest absolute Gasteiger partial charge is 0.325 e. The Bertz CT molecular complexity index is 1050. The lowest BCUT2D eigenvalue weighted by molar-refractivity contribution is -0.137. The number of rotatable bonds is 6. The van der Waals surface area contributed by atoms with Crippen molar-refractivity contribution in [3.8, 4) is 5.69 Å². The van der Waals surface area contributed by atoms with Gasteiger partial charge in [-0.3, -0.25) is 19.1 Å². The highest BCUT2D eigenvalue weighted by Crippen LogP contribution is 2.23. The summed E-state index contributed by atoms with van der Waals surface area (Å²) in [6.45, 7) is 0. The second-order valence-corrected chi connectivity index (χ2v) is 6.31. The molecule has 0 saturated heterocycles. The molecule has 2 aromatic heterocycles. The molecule has 1 aromatic carbocycles. The quantitative estimate of drug-likeness (QED) is 0.467. The molecule has 0 aliphatic heterocycles. The predicted molar refractivity (Wildman–Crippen MR) is 94.5 cm³/mol. The minimum Gasteiger partial charge on any atom is -0.468 e. The molecule has 0 aliphatic rings. The monoisotopic (exact) mass is 391 g/mol. The number of aromatic amines is 2. The van der Waals surface area contributed by atoms with Crippen molar-refractivity contribution in [3.63, 3.8) is 0 Å². The third-order valence-corrected chi connectivity index (χ3v) is 4.40. The molecule has 3 aromatic rings. The van der Waals surface area contributed by atoms with Crippen molar-refractivity contribution in [3.05, 3.63) is 68.5 Å². The van der Waals surface area contributed by atoms with Crippen molar-refractivity contribution >= 4 is 17.7 Å². The number of halogens is 1. The van der Waals surface area contributed by atoms with E-state index in [0.29, 0.717) is 22.4 Å². The Morgan fingerprint density at radius 2 is 1.96 bits per heavy atom. The maximum absolute atomic E-state index is 13.3. The van der Waals surface area contributed by atoms with Crippen molar-refractivity contribution < 1.29 is 13.9 Å². The van der Waals surface area contributed by atoms with Crippen molar-refractivity contribution in [2.24, 2.45) is 0 Å². The van der Waals surface area contributed by atoms with Gasteiger partial charge in [0, 0.05) is 23.9 Å². The van der Waals surface area contributed by atoms with Gasteiger partial charge in [-0.05, 0) is 24.3 Å². The van der Waals surface area contributed by atoms with E-state index >= 15 is 0 Å². The molecule has 9 nitrogen and oxygen atoms in total. The maximum atomic E-state index is 13.3. The largest absolute Gasteiger partial charge is 0.468 e. The number of benzene rings is 1. The maximum Gasteiger partial charge on any atom is 0.325 e. The molecule has 0 atom stereocenters. The molecule has 0 amide bonds. The normalized spacial score (nSPS) is 10.7.